The molecule has 0 aromatic heterocycles. The molecule has 0 spiro atoms. The minimum Gasteiger partial charge on any atom is -0.550 e. The van der Waals surface area contributed by atoms with Gasteiger partial charge in [0.05, 0.1) is 0 Å². The maximum Gasteiger partial charge on any atom is 0.228 e. The van der Waals surface area contributed by atoms with Crippen LogP contribution in [0.1, 0.15) is 25.7 Å². The highest BCUT2D eigenvalue weighted by Gasteiger charge is 2.31. The normalized spacial score (nSPS) is 22.8. The van der Waals surface area contributed by atoms with Crippen molar-refractivity contribution in [2.24, 2.45) is 11.8 Å². The summed E-state index contributed by atoms with van der Waals surface area (Å²) in [6, 6.07) is 5.38. The van der Waals surface area contributed by atoms with E-state index in [1.807, 2.05) is 0 Å². The molecule has 1 fully saturated rings. The van der Waals surface area contributed by atoms with Crippen LogP contribution in [0.15, 0.2) is 24.3 Å². The first-order valence-electron chi connectivity index (χ1n) is 6.35. The molecular weight excluding hydrogens is 249 g/mol. The summed E-state index contributed by atoms with van der Waals surface area (Å²) in [6.07, 6.45) is 2.67. The fourth-order valence-corrected chi connectivity index (χ4v) is 2.49. The van der Waals surface area contributed by atoms with E-state index < -0.39 is 17.8 Å². The Morgan fingerprint density at radius 3 is 2.26 bits per heavy atom. The summed E-state index contributed by atoms with van der Waals surface area (Å²) in [5, 5.41) is 13.7. The zero-order chi connectivity index (χ0) is 13.8. The minimum atomic E-state index is -1.17. The van der Waals surface area contributed by atoms with Crippen LogP contribution in [0.4, 0.5) is 10.1 Å². The van der Waals surface area contributed by atoms with Crippen LogP contribution in [0.25, 0.3) is 0 Å². The SMILES string of the molecule is O=C(Nc1ccc(F)cc1)[C@H]1CCCC[C@H]1C(=O)[O-]. The Labute approximate surface area is 110 Å². The second kappa shape index (κ2) is 5.82. The summed E-state index contributed by atoms with van der Waals surface area (Å²) in [5.74, 6) is -3.18. The van der Waals surface area contributed by atoms with Gasteiger partial charge < -0.3 is 15.2 Å². The van der Waals surface area contributed by atoms with E-state index in [1.54, 1.807) is 0 Å². The first kappa shape index (κ1) is 13.5. The van der Waals surface area contributed by atoms with Crippen molar-refractivity contribution in [3.05, 3.63) is 30.1 Å². The molecule has 0 bridgehead atoms. The van der Waals surface area contributed by atoms with Crippen LogP contribution in [-0.2, 0) is 9.59 Å². The lowest BCUT2D eigenvalue weighted by Crippen LogP contribution is -2.42. The summed E-state index contributed by atoms with van der Waals surface area (Å²) in [6.45, 7) is 0. The lowest BCUT2D eigenvalue weighted by molar-refractivity contribution is -0.313. The Kier molecular flexibility index (Phi) is 4.14. The van der Waals surface area contributed by atoms with E-state index in [0.29, 0.717) is 18.5 Å². The van der Waals surface area contributed by atoms with Gasteiger partial charge in [-0.3, -0.25) is 4.79 Å². The molecule has 0 radical (unpaired) electrons. The molecule has 1 N–H and O–H groups in total. The molecule has 1 saturated carbocycles. The number of anilines is 1. The highest BCUT2D eigenvalue weighted by Crippen LogP contribution is 2.30. The summed E-state index contributed by atoms with van der Waals surface area (Å²) < 4.78 is 12.7. The van der Waals surface area contributed by atoms with Gasteiger partial charge >= 0.3 is 0 Å². The van der Waals surface area contributed by atoms with Crippen molar-refractivity contribution in [1.82, 2.24) is 0 Å². The van der Waals surface area contributed by atoms with Gasteiger partial charge in [-0.05, 0) is 37.1 Å². The van der Waals surface area contributed by atoms with Crippen LogP contribution in [-0.4, -0.2) is 11.9 Å². The molecule has 4 nitrogen and oxygen atoms in total. The van der Waals surface area contributed by atoms with Crippen LogP contribution in [0.3, 0.4) is 0 Å². The smallest absolute Gasteiger partial charge is 0.228 e. The number of carbonyl (C=O) groups excluding carboxylic acids is 2. The Hall–Kier alpha value is -1.91. The number of nitrogens with one attached hydrogen (secondary N) is 1. The average molecular weight is 264 g/mol. The predicted molar refractivity (Wildman–Crippen MR) is 65.5 cm³/mol. The molecular formula is C14H15FNO3-. The molecule has 1 amide bonds. The molecule has 1 aromatic carbocycles. The Morgan fingerprint density at radius 1 is 1.11 bits per heavy atom. The third kappa shape index (κ3) is 3.30. The van der Waals surface area contributed by atoms with E-state index >= 15 is 0 Å². The van der Waals surface area contributed by atoms with Gasteiger partial charge in [-0.2, -0.15) is 0 Å². The van der Waals surface area contributed by atoms with Crippen LogP contribution in [0.5, 0.6) is 0 Å². The van der Waals surface area contributed by atoms with Gasteiger partial charge in [0.25, 0.3) is 0 Å². The van der Waals surface area contributed by atoms with Gasteiger partial charge in [0.2, 0.25) is 5.91 Å². The Bertz CT molecular complexity index is 472. The van der Waals surface area contributed by atoms with E-state index in [-0.39, 0.29) is 11.7 Å². The number of carbonyl (C=O) groups is 2. The van der Waals surface area contributed by atoms with Crippen molar-refractivity contribution < 1.29 is 19.1 Å². The molecule has 0 heterocycles. The monoisotopic (exact) mass is 264 g/mol. The molecule has 102 valence electrons. The van der Waals surface area contributed by atoms with Crippen molar-refractivity contribution in [2.45, 2.75) is 25.7 Å². The van der Waals surface area contributed by atoms with Crippen molar-refractivity contribution in [2.75, 3.05) is 5.32 Å². The molecule has 1 aliphatic carbocycles. The quantitative estimate of drug-likeness (QED) is 0.895. The lowest BCUT2D eigenvalue weighted by Gasteiger charge is -2.31. The molecule has 5 heteroatoms. The molecule has 0 aliphatic heterocycles. The topological polar surface area (TPSA) is 69.2 Å². The van der Waals surface area contributed by atoms with Gasteiger partial charge in [-0.1, -0.05) is 12.8 Å². The first-order valence-corrected chi connectivity index (χ1v) is 6.35. The van der Waals surface area contributed by atoms with Crippen LogP contribution < -0.4 is 10.4 Å². The fourth-order valence-electron chi connectivity index (χ4n) is 2.49. The largest absolute Gasteiger partial charge is 0.550 e. The molecule has 2 rings (SSSR count). The molecule has 19 heavy (non-hydrogen) atoms. The van der Waals surface area contributed by atoms with Crippen LogP contribution >= 0.6 is 0 Å². The van der Waals surface area contributed by atoms with Crippen molar-refractivity contribution in [3.63, 3.8) is 0 Å². The van der Waals surface area contributed by atoms with Crippen molar-refractivity contribution >= 4 is 17.6 Å². The molecule has 2 atom stereocenters. The van der Waals surface area contributed by atoms with Crippen LogP contribution in [0.2, 0.25) is 0 Å². The van der Waals surface area contributed by atoms with E-state index in [4.69, 9.17) is 0 Å². The Balaban J connectivity index is 2.05. The van der Waals surface area contributed by atoms with E-state index in [0.717, 1.165) is 12.8 Å². The maximum absolute atomic E-state index is 12.7. The van der Waals surface area contributed by atoms with Gasteiger partial charge in [-0.15, -0.1) is 0 Å². The third-order valence-corrected chi connectivity index (χ3v) is 3.52. The predicted octanol–water partition coefficient (Wildman–Crippen LogP) is 1.32. The Morgan fingerprint density at radius 2 is 1.68 bits per heavy atom. The number of carboxylic acid groups (broad SMARTS) is 1. The zero-order valence-electron chi connectivity index (χ0n) is 10.4. The number of halogens is 1. The summed E-state index contributed by atoms with van der Waals surface area (Å²) in [4.78, 5) is 23.1. The standard InChI is InChI=1S/C14H16FNO3/c15-9-5-7-10(8-6-9)16-13(17)11-3-1-2-4-12(11)14(18)19/h5-8,11-12H,1-4H2,(H,16,17)(H,18,19)/p-1/t11-,12+/m0/s1. The van der Waals surface area contributed by atoms with Gasteiger partial charge in [-0.25, -0.2) is 4.39 Å². The summed E-state index contributed by atoms with van der Waals surface area (Å²) in [7, 11) is 0. The molecule has 1 aliphatic rings. The average Bonchev–Trinajstić information content (AvgIpc) is 2.41. The van der Waals surface area contributed by atoms with E-state index in [1.165, 1.54) is 24.3 Å². The second-order valence-electron chi connectivity index (χ2n) is 4.81. The first-order chi connectivity index (χ1) is 9.08. The summed E-state index contributed by atoms with van der Waals surface area (Å²) >= 11 is 0. The number of carboxylic acids is 1. The number of hydrogen-bond acceptors (Lipinski definition) is 3. The third-order valence-electron chi connectivity index (χ3n) is 3.52. The minimum absolute atomic E-state index is 0.333. The van der Waals surface area contributed by atoms with Gasteiger partial charge in [0, 0.05) is 23.5 Å². The number of rotatable bonds is 3. The van der Waals surface area contributed by atoms with Crippen molar-refractivity contribution in [1.29, 1.82) is 0 Å². The maximum atomic E-state index is 12.7. The summed E-state index contributed by atoms with van der Waals surface area (Å²) in [5.41, 5.74) is 0.467. The van der Waals surface area contributed by atoms with Crippen molar-refractivity contribution in [3.8, 4) is 0 Å². The number of benzene rings is 1. The number of aliphatic carboxylic acids is 1. The van der Waals surface area contributed by atoms with Crippen LogP contribution in [0, 0.1) is 17.7 Å². The van der Waals surface area contributed by atoms with E-state index in [9.17, 15) is 19.1 Å². The lowest BCUT2D eigenvalue weighted by atomic mass is 9.78. The van der Waals surface area contributed by atoms with E-state index in [2.05, 4.69) is 5.32 Å². The zero-order valence-corrected chi connectivity index (χ0v) is 10.4. The number of hydrogen-bond donors (Lipinski definition) is 1. The van der Waals surface area contributed by atoms with Gasteiger partial charge in [0.15, 0.2) is 0 Å². The highest BCUT2D eigenvalue weighted by molar-refractivity contribution is 5.94. The molecule has 0 unspecified atom stereocenters. The molecule has 0 saturated heterocycles. The number of amides is 1. The van der Waals surface area contributed by atoms with Gasteiger partial charge in [0.1, 0.15) is 5.82 Å². The molecule has 1 aromatic rings. The fraction of sp³-hybridized carbons (Fsp3) is 0.429. The second-order valence-corrected chi connectivity index (χ2v) is 4.81. The highest BCUT2D eigenvalue weighted by atomic mass is 19.1.